The van der Waals surface area contributed by atoms with E-state index in [1.807, 2.05) is 35.9 Å². The number of anilines is 1. The van der Waals surface area contributed by atoms with Crippen LogP contribution in [-0.4, -0.2) is 27.8 Å². The average Bonchev–Trinajstić information content (AvgIpc) is 2.67. The highest BCUT2D eigenvalue weighted by atomic mass is 32.2. The molecule has 0 fully saturated rings. The minimum atomic E-state index is -0.321. The molecular weight excluding hydrogens is 362 g/mol. The molecule has 1 aliphatic heterocycles. The van der Waals surface area contributed by atoms with Gasteiger partial charge in [-0.1, -0.05) is 43.5 Å². The number of nitrogens with zero attached hydrogens (tertiary/aromatic N) is 2. The second-order valence-electron chi connectivity index (χ2n) is 6.34. The van der Waals surface area contributed by atoms with Crippen LogP contribution in [0.1, 0.15) is 36.8 Å². The quantitative estimate of drug-likeness (QED) is 0.450. The highest BCUT2D eigenvalue weighted by Crippen LogP contribution is 2.36. The summed E-state index contributed by atoms with van der Waals surface area (Å²) in [5.41, 5.74) is 1.15. The van der Waals surface area contributed by atoms with Crippen molar-refractivity contribution in [1.29, 1.82) is 0 Å². The van der Waals surface area contributed by atoms with Crippen molar-refractivity contribution in [2.45, 2.75) is 30.8 Å². The van der Waals surface area contributed by atoms with Crippen LogP contribution in [0.25, 0.3) is 0 Å². The zero-order chi connectivity index (χ0) is 19.4. The number of hydrogen-bond acceptors (Lipinski definition) is 5. The Balaban J connectivity index is 2.00. The Morgan fingerprint density at radius 3 is 2.78 bits per heavy atom. The van der Waals surface area contributed by atoms with Crippen molar-refractivity contribution in [2.75, 3.05) is 17.7 Å². The van der Waals surface area contributed by atoms with Crippen LogP contribution < -0.4 is 15.6 Å². The first kappa shape index (κ1) is 19.2. The second kappa shape index (κ2) is 8.43. The maximum absolute atomic E-state index is 12.8. The summed E-state index contributed by atoms with van der Waals surface area (Å²) in [6.07, 6.45) is 2.88. The lowest BCUT2D eigenvalue weighted by Gasteiger charge is -2.27. The van der Waals surface area contributed by atoms with Crippen LogP contribution in [0.4, 0.5) is 5.82 Å². The summed E-state index contributed by atoms with van der Waals surface area (Å²) >= 11 is 1.52. The van der Waals surface area contributed by atoms with Gasteiger partial charge in [-0.25, -0.2) is 0 Å². The second-order valence-corrected chi connectivity index (χ2v) is 7.40. The van der Waals surface area contributed by atoms with Gasteiger partial charge in [0.1, 0.15) is 18.2 Å². The summed E-state index contributed by atoms with van der Waals surface area (Å²) in [5.74, 6) is 1.70. The monoisotopic (exact) mass is 385 g/mol. The van der Waals surface area contributed by atoms with Crippen molar-refractivity contribution in [3.05, 3.63) is 58.4 Å². The number of thioether (sulfide) groups is 1. The van der Waals surface area contributed by atoms with E-state index in [1.54, 1.807) is 6.08 Å². The van der Waals surface area contributed by atoms with Gasteiger partial charge >= 0.3 is 0 Å². The fraction of sp³-hybridized carbons (Fsp3) is 0.350. The van der Waals surface area contributed by atoms with E-state index in [0.717, 1.165) is 23.5 Å². The van der Waals surface area contributed by atoms with Gasteiger partial charge in [0.25, 0.3) is 5.56 Å². The van der Waals surface area contributed by atoms with Crippen molar-refractivity contribution in [1.82, 2.24) is 9.55 Å². The average molecular weight is 385 g/mol. The van der Waals surface area contributed by atoms with Gasteiger partial charge in [-0.2, -0.15) is 4.98 Å². The van der Waals surface area contributed by atoms with Crippen LogP contribution in [0.5, 0.6) is 5.75 Å². The normalized spacial score (nSPS) is 15.8. The third-order valence-electron chi connectivity index (χ3n) is 4.39. The molecule has 0 saturated carbocycles. The van der Waals surface area contributed by atoms with Gasteiger partial charge in [0.05, 0.1) is 5.56 Å². The van der Waals surface area contributed by atoms with Crippen LogP contribution in [0.2, 0.25) is 0 Å². The molecule has 0 bridgehead atoms. The molecule has 0 radical (unpaired) electrons. The summed E-state index contributed by atoms with van der Waals surface area (Å²) in [4.78, 5) is 29.4. The fourth-order valence-electron chi connectivity index (χ4n) is 3.09. The summed E-state index contributed by atoms with van der Waals surface area (Å²) in [6, 6.07) is 7.47. The number of ether oxygens (including phenoxy) is 1. The number of carbonyl (C=O) groups excluding carboxylic acids is 1. The van der Waals surface area contributed by atoms with Gasteiger partial charge in [-0.3, -0.25) is 9.59 Å². The van der Waals surface area contributed by atoms with Crippen LogP contribution in [0.15, 0.2) is 46.9 Å². The van der Waals surface area contributed by atoms with Crippen molar-refractivity contribution >= 4 is 23.5 Å². The SMILES string of the molecule is C=CCOc1ccc(C2CC(=O)Nc3c2c(=O)nc(SCCC)n3C)cc1. The van der Waals surface area contributed by atoms with E-state index in [-0.39, 0.29) is 23.8 Å². The van der Waals surface area contributed by atoms with Crippen LogP contribution in [0.3, 0.4) is 0 Å². The van der Waals surface area contributed by atoms with Crippen molar-refractivity contribution < 1.29 is 9.53 Å². The largest absolute Gasteiger partial charge is 0.490 e. The maximum atomic E-state index is 12.8. The van der Waals surface area contributed by atoms with E-state index < -0.39 is 0 Å². The molecule has 1 atom stereocenters. The molecule has 0 aliphatic carbocycles. The third-order valence-corrected chi connectivity index (χ3v) is 5.62. The lowest BCUT2D eigenvalue weighted by Crippen LogP contribution is -2.33. The molecule has 0 saturated heterocycles. The van der Waals surface area contributed by atoms with Crippen LogP contribution >= 0.6 is 11.8 Å². The molecule has 2 heterocycles. The van der Waals surface area contributed by atoms with Crippen molar-refractivity contribution in [3.63, 3.8) is 0 Å². The zero-order valence-electron chi connectivity index (χ0n) is 15.5. The number of carbonyl (C=O) groups is 1. The lowest BCUT2D eigenvalue weighted by atomic mass is 9.87. The molecule has 7 heteroatoms. The standard InChI is InChI=1S/C20H23N3O3S/c1-4-10-26-14-8-6-13(7-9-14)15-12-16(24)21-18-17(15)19(25)22-20(23(18)3)27-11-5-2/h4,6-9,15H,1,5,10-12H2,2-3H3,(H,21,24). The molecule has 1 amide bonds. The minimum absolute atomic E-state index is 0.105. The topological polar surface area (TPSA) is 73.2 Å². The molecule has 1 N–H and O–H groups in total. The molecular formula is C20H23N3O3S. The molecule has 1 aliphatic rings. The third kappa shape index (κ3) is 4.08. The molecule has 0 spiro atoms. The van der Waals surface area contributed by atoms with E-state index in [4.69, 9.17) is 4.74 Å². The minimum Gasteiger partial charge on any atom is -0.490 e. The van der Waals surface area contributed by atoms with Gasteiger partial charge in [-0.05, 0) is 24.1 Å². The number of benzene rings is 1. The van der Waals surface area contributed by atoms with Gasteiger partial charge in [0.2, 0.25) is 5.91 Å². The number of rotatable bonds is 7. The summed E-state index contributed by atoms with van der Waals surface area (Å²) in [6.45, 7) is 6.13. The van der Waals surface area contributed by atoms with Crippen LogP contribution in [0, 0.1) is 0 Å². The number of aromatic nitrogens is 2. The first-order valence-corrected chi connectivity index (χ1v) is 9.91. The molecule has 27 heavy (non-hydrogen) atoms. The maximum Gasteiger partial charge on any atom is 0.279 e. The highest BCUT2D eigenvalue weighted by Gasteiger charge is 2.32. The van der Waals surface area contributed by atoms with E-state index >= 15 is 0 Å². The smallest absolute Gasteiger partial charge is 0.279 e. The van der Waals surface area contributed by atoms with Gasteiger partial charge in [0.15, 0.2) is 5.16 Å². The molecule has 1 unspecified atom stereocenters. The Hall–Kier alpha value is -2.54. The highest BCUT2D eigenvalue weighted by molar-refractivity contribution is 7.99. The molecule has 2 aromatic rings. The predicted octanol–water partition coefficient (Wildman–Crippen LogP) is 3.32. The number of nitrogens with one attached hydrogen (secondary N) is 1. The molecule has 6 nitrogen and oxygen atoms in total. The first-order chi connectivity index (χ1) is 13.0. The van der Waals surface area contributed by atoms with Gasteiger partial charge in [0, 0.05) is 25.1 Å². The lowest BCUT2D eigenvalue weighted by molar-refractivity contribution is -0.116. The fourth-order valence-corrected chi connectivity index (χ4v) is 3.91. The Kier molecular flexibility index (Phi) is 6.01. The zero-order valence-corrected chi connectivity index (χ0v) is 16.3. The number of amides is 1. The Morgan fingerprint density at radius 1 is 1.37 bits per heavy atom. The van der Waals surface area contributed by atoms with E-state index in [9.17, 15) is 9.59 Å². The Labute approximate surface area is 162 Å². The first-order valence-electron chi connectivity index (χ1n) is 8.92. The summed E-state index contributed by atoms with van der Waals surface area (Å²) in [7, 11) is 1.83. The predicted molar refractivity (Wildman–Crippen MR) is 108 cm³/mol. The molecule has 1 aromatic heterocycles. The van der Waals surface area contributed by atoms with Gasteiger partial charge < -0.3 is 14.6 Å². The van der Waals surface area contributed by atoms with E-state index in [2.05, 4.69) is 23.8 Å². The molecule has 3 rings (SSSR count). The van der Waals surface area contributed by atoms with E-state index in [0.29, 0.717) is 23.1 Å². The number of hydrogen-bond donors (Lipinski definition) is 1. The van der Waals surface area contributed by atoms with Gasteiger partial charge in [-0.15, -0.1) is 0 Å². The Bertz CT molecular complexity index is 906. The van der Waals surface area contributed by atoms with Crippen molar-refractivity contribution in [2.24, 2.45) is 7.05 Å². The molecule has 1 aromatic carbocycles. The van der Waals surface area contributed by atoms with E-state index in [1.165, 1.54) is 11.8 Å². The number of fused-ring (bicyclic) bond motifs is 1. The molecule has 142 valence electrons. The summed E-state index contributed by atoms with van der Waals surface area (Å²) < 4.78 is 7.31. The van der Waals surface area contributed by atoms with Crippen LogP contribution in [-0.2, 0) is 11.8 Å². The summed E-state index contributed by atoms with van der Waals surface area (Å²) in [5, 5.41) is 3.48. The Morgan fingerprint density at radius 2 is 2.11 bits per heavy atom. The van der Waals surface area contributed by atoms with Crippen molar-refractivity contribution in [3.8, 4) is 5.75 Å².